The van der Waals surface area contributed by atoms with E-state index in [1.54, 1.807) is 6.26 Å². The number of hydrogen-bond donors (Lipinski definition) is 1. The van der Waals surface area contributed by atoms with Gasteiger partial charge in [0.25, 0.3) is 0 Å². The predicted molar refractivity (Wildman–Crippen MR) is 64.4 cm³/mol. The molecule has 0 spiro atoms. The second-order valence-electron chi connectivity index (χ2n) is 3.06. The first-order valence-electron chi connectivity index (χ1n) is 4.22. The Morgan fingerprint density at radius 1 is 1.36 bits per heavy atom. The summed E-state index contributed by atoms with van der Waals surface area (Å²) in [5.74, 6) is 0. The van der Waals surface area contributed by atoms with Gasteiger partial charge in [0, 0.05) is 22.0 Å². The fourth-order valence-corrected chi connectivity index (χ4v) is 2.76. The first-order chi connectivity index (χ1) is 6.72. The minimum atomic E-state index is 0.815. The molecule has 2 aromatic rings. The van der Waals surface area contributed by atoms with E-state index < -0.39 is 0 Å². The van der Waals surface area contributed by atoms with Crippen molar-refractivity contribution in [1.82, 2.24) is 5.32 Å². The van der Waals surface area contributed by atoms with Crippen LogP contribution in [-0.4, -0.2) is 7.05 Å². The second kappa shape index (κ2) is 4.04. The van der Waals surface area contributed by atoms with Crippen molar-refractivity contribution >= 4 is 42.8 Å². The van der Waals surface area contributed by atoms with Crippen LogP contribution in [0.3, 0.4) is 0 Å². The molecule has 0 aliphatic heterocycles. The molecule has 0 aliphatic carbocycles. The monoisotopic (exact) mass is 317 g/mol. The predicted octanol–water partition coefficient (Wildman–Crippen LogP) is 3.68. The van der Waals surface area contributed by atoms with Crippen molar-refractivity contribution in [3.63, 3.8) is 0 Å². The maximum Gasteiger partial charge on any atom is 0.148 e. The fraction of sp³-hybridized carbons (Fsp3) is 0.200. The normalized spacial score (nSPS) is 11.1. The van der Waals surface area contributed by atoms with E-state index in [1.807, 2.05) is 13.1 Å². The molecule has 0 bridgehead atoms. The summed E-state index contributed by atoms with van der Waals surface area (Å²) in [5.41, 5.74) is 2.07. The third kappa shape index (κ3) is 1.74. The van der Waals surface area contributed by atoms with Crippen LogP contribution in [0.15, 0.2) is 31.8 Å². The zero-order valence-corrected chi connectivity index (χ0v) is 10.8. The summed E-state index contributed by atoms with van der Waals surface area (Å²) in [6.07, 6.45) is 1.79. The van der Waals surface area contributed by atoms with Gasteiger partial charge >= 0.3 is 0 Å². The van der Waals surface area contributed by atoms with Gasteiger partial charge in [-0.1, -0.05) is 15.9 Å². The minimum absolute atomic E-state index is 0.815. The number of rotatable bonds is 2. The molecule has 0 fully saturated rings. The molecule has 1 heterocycles. The molecule has 0 atom stereocenters. The summed E-state index contributed by atoms with van der Waals surface area (Å²) in [4.78, 5) is 0. The fourth-order valence-electron chi connectivity index (χ4n) is 1.44. The third-order valence-electron chi connectivity index (χ3n) is 2.04. The van der Waals surface area contributed by atoms with E-state index in [0.29, 0.717) is 0 Å². The lowest BCUT2D eigenvalue weighted by atomic mass is 10.2. The summed E-state index contributed by atoms with van der Waals surface area (Å²) in [6.45, 7) is 0.815. The maximum absolute atomic E-state index is 5.48. The van der Waals surface area contributed by atoms with E-state index in [4.69, 9.17) is 4.42 Å². The van der Waals surface area contributed by atoms with E-state index in [1.165, 1.54) is 5.56 Å². The van der Waals surface area contributed by atoms with Gasteiger partial charge in [-0.2, -0.15) is 0 Å². The van der Waals surface area contributed by atoms with E-state index in [9.17, 15) is 0 Å². The van der Waals surface area contributed by atoms with Crippen LogP contribution < -0.4 is 5.32 Å². The average molecular weight is 319 g/mol. The molecule has 0 unspecified atom stereocenters. The van der Waals surface area contributed by atoms with Crippen LogP contribution >= 0.6 is 31.9 Å². The second-order valence-corrected chi connectivity index (χ2v) is 4.83. The number of furan rings is 1. The van der Waals surface area contributed by atoms with Crippen LogP contribution in [0.2, 0.25) is 0 Å². The molecule has 0 radical (unpaired) electrons. The zero-order valence-electron chi connectivity index (χ0n) is 7.60. The number of hydrogen-bond acceptors (Lipinski definition) is 2. The molecule has 14 heavy (non-hydrogen) atoms. The molecule has 74 valence electrons. The number of fused-ring (bicyclic) bond motifs is 1. The lowest BCUT2D eigenvalue weighted by Gasteiger charge is -1.98. The average Bonchev–Trinajstić information content (AvgIpc) is 2.49. The Balaban J connectivity index is 2.66. The third-order valence-corrected chi connectivity index (χ3v) is 3.09. The van der Waals surface area contributed by atoms with E-state index in [0.717, 1.165) is 26.5 Å². The lowest BCUT2D eigenvalue weighted by Crippen LogP contribution is -2.03. The molecule has 2 nitrogen and oxygen atoms in total. The van der Waals surface area contributed by atoms with Gasteiger partial charge in [-0.3, -0.25) is 0 Å². The van der Waals surface area contributed by atoms with Gasteiger partial charge in [-0.15, -0.1) is 0 Å². The summed E-state index contributed by atoms with van der Waals surface area (Å²) in [6, 6.07) is 4.05. The highest BCUT2D eigenvalue weighted by Crippen LogP contribution is 2.31. The number of halogens is 2. The molecule has 1 N–H and O–H groups in total. The van der Waals surface area contributed by atoms with Gasteiger partial charge < -0.3 is 9.73 Å². The van der Waals surface area contributed by atoms with E-state index in [-0.39, 0.29) is 0 Å². The smallest absolute Gasteiger partial charge is 0.148 e. The van der Waals surface area contributed by atoms with Gasteiger partial charge in [-0.05, 0) is 35.1 Å². The summed E-state index contributed by atoms with van der Waals surface area (Å²) < 4.78 is 7.51. The topological polar surface area (TPSA) is 25.2 Å². The number of benzene rings is 1. The Bertz CT molecular complexity index is 464. The van der Waals surface area contributed by atoms with Crippen LogP contribution in [0.1, 0.15) is 5.56 Å². The van der Waals surface area contributed by atoms with Crippen molar-refractivity contribution in [3.8, 4) is 0 Å². The quantitative estimate of drug-likeness (QED) is 0.913. The molecule has 4 heteroatoms. The van der Waals surface area contributed by atoms with Gasteiger partial charge in [0.15, 0.2) is 0 Å². The van der Waals surface area contributed by atoms with Gasteiger partial charge in [0.05, 0.1) is 10.7 Å². The largest absolute Gasteiger partial charge is 0.463 e. The molecule has 1 aromatic heterocycles. The Morgan fingerprint density at radius 3 is 2.86 bits per heavy atom. The Hall–Kier alpha value is -0.320. The van der Waals surface area contributed by atoms with Crippen LogP contribution in [0.4, 0.5) is 0 Å². The van der Waals surface area contributed by atoms with Crippen LogP contribution in [-0.2, 0) is 6.54 Å². The Morgan fingerprint density at radius 2 is 2.14 bits per heavy atom. The number of nitrogens with one attached hydrogen (secondary N) is 1. The highest BCUT2D eigenvalue weighted by Gasteiger charge is 2.08. The minimum Gasteiger partial charge on any atom is -0.463 e. The molecule has 0 amide bonds. The summed E-state index contributed by atoms with van der Waals surface area (Å²) >= 11 is 6.93. The van der Waals surface area contributed by atoms with Crippen molar-refractivity contribution in [2.24, 2.45) is 0 Å². The zero-order chi connectivity index (χ0) is 10.1. The summed E-state index contributed by atoms with van der Waals surface area (Å²) in [5, 5.41) is 4.25. The first-order valence-corrected chi connectivity index (χ1v) is 5.80. The molecular weight excluding hydrogens is 310 g/mol. The maximum atomic E-state index is 5.48. The van der Waals surface area contributed by atoms with Crippen molar-refractivity contribution in [1.29, 1.82) is 0 Å². The van der Waals surface area contributed by atoms with E-state index in [2.05, 4.69) is 43.2 Å². The molecule has 2 rings (SSSR count). The van der Waals surface area contributed by atoms with E-state index >= 15 is 0 Å². The lowest BCUT2D eigenvalue weighted by molar-refractivity contribution is 0.605. The molecule has 1 aromatic carbocycles. The molecule has 0 aliphatic rings. The summed E-state index contributed by atoms with van der Waals surface area (Å²) in [7, 11) is 1.92. The highest BCUT2D eigenvalue weighted by molar-refractivity contribution is 9.11. The van der Waals surface area contributed by atoms with Crippen LogP contribution in [0.25, 0.3) is 11.0 Å². The molecule has 0 saturated carbocycles. The SMILES string of the molecule is CNCc1coc2c(Br)cc(Br)cc12. The van der Waals surface area contributed by atoms with Gasteiger partial charge in [0.2, 0.25) is 0 Å². The molecular formula is C10H9Br2NO. The van der Waals surface area contributed by atoms with Crippen LogP contribution in [0, 0.1) is 0 Å². The van der Waals surface area contributed by atoms with Crippen molar-refractivity contribution in [2.45, 2.75) is 6.54 Å². The Kier molecular flexibility index (Phi) is 2.95. The first kappa shape index (κ1) is 10.2. The van der Waals surface area contributed by atoms with Crippen molar-refractivity contribution in [2.75, 3.05) is 7.05 Å². The van der Waals surface area contributed by atoms with Gasteiger partial charge in [0.1, 0.15) is 5.58 Å². The highest BCUT2D eigenvalue weighted by atomic mass is 79.9. The van der Waals surface area contributed by atoms with Gasteiger partial charge in [-0.25, -0.2) is 0 Å². The molecule has 0 saturated heterocycles. The van der Waals surface area contributed by atoms with Crippen LogP contribution in [0.5, 0.6) is 0 Å². The Labute approximate surface area is 98.9 Å². The van der Waals surface area contributed by atoms with Crippen molar-refractivity contribution < 1.29 is 4.42 Å². The van der Waals surface area contributed by atoms with Crippen molar-refractivity contribution in [3.05, 3.63) is 32.9 Å². The standard InChI is InChI=1S/C10H9Br2NO/c1-13-4-6-5-14-10-8(6)2-7(11)3-9(10)12/h2-3,5,13H,4H2,1H3.